The lowest BCUT2D eigenvalue weighted by atomic mass is 9.85. The molecule has 0 aromatic carbocycles. The Morgan fingerprint density at radius 3 is 1.39 bits per heavy atom. The van der Waals surface area contributed by atoms with E-state index in [0.29, 0.717) is 12.8 Å². The van der Waals surface area contributed by atoms with E-state index in [1.165, 1.54) is 135 Å². The molecule has 1 fully saturated rings. The number of hydrogen-bond donors (Lipinski definition) is 6. The number of ether oxygens (including phenoxy) is 2. The zero-order chi connectivity index (χ0) is 45.0. The van der Waals surface area contributed by atoms with Crippen molar-refractivity contribution in [2.75, 3.05) is 13.2 Å². The van der Waals surface area contributed by atoms with E-state index in [1.54, 1.807) is 0 Å². The number of allylic oxidation sites excluding steroid dienone is 4. The molecule has 6 N–H and O–H groups in total. The minimum absolute atomic E-state index is 0.00632. The summed E-state index contributed by atoms with van der Waals surface area (Å²) in [5, 5.41) is 50.1. The van der Waals surface area contributed by atoms with Crippen molar-refractivity contribution in [3.63, 3.8) is 0 Å². The van der Waals surface area contributed by atoms with Gasteiger partial charge in [0.05, 0.1) is 6.61 Å². The average Bonchev–Trinajstić information content (AvgIpc) is 3.24. The van der Waals surface area contributed by atoms with Crippen molar-refractivity contribution in [2.24, 2.45) is 0 Å². The van der Waals surface area contributed by atoms with Crippen LogP contribution in [-0.4, -0.2) is 98.3 Å². The van der Waals surface area contributed by atoms with Gasteiger partial charge in [-0.3, -0.25) is 18.6 Å². The summed E-state index contributed by atoms with van der Waals surface area (Å²) in [7, 11) is -5.13. The van der Waals surface area contributed by atoms with Crippen LogP contribution < -0.4 is 0 Å². The first-order valence-corrected chi connectivity index (χ1v) is 25.6. The third kappa shape index (κ3) is 30.2. The Morgan fingerprint density at radius 2 is 0.918 bits per heavy atom. The third-order valence-corrected chi connectivity index (χ3v) is 12.3. The van der Waals surface area contributed by atoms with Crippen LogP contribution in [0.3, 0.4) is 0 Å². The van der Waals surface area contributed by atoms with Crippen molar-refractivity contribution < 1.29 is 63.1 Å². The lowest BCUT2D eigenvalue weighted by Crippen LogP contribution is -2.64. The van der Waals surface area contributed by atoms with E-state index >= 15 is 0 Å². The highest BCUT2D eigenvalue weighted by Gasteiger charge is 2.51. The molecule has 61 heavy (non-hydrogen) atoms. The molecular weight excluding hydrogens is 803 g/mol. The summed E-state index contributed by atoms with van der Waals surface area (Å²) in [6, 6.07) is 0. The van der Waals surface area contributed by atoms with Gasteiger partial charge in [0, 0.05) is 12.8 Å². The van der Waals surface area contributed by atoms with Crippen LogP contribution in [0.2, 0.25) is 0 Å². The highest BCUT2D eigenvalue weighted by atomic mass is 31.2. The fourth-order valence-corrected chi connectivity index (χ4v) is 8.37. The second-order valence-corrected chi connectivity index (χ2v) is 18.4. The second-order valence-electron chi connectivity index (χ2n) is 17.0. The molecule has 1 aliphatic rings. The molecule has 0 aliphatic heterocycles. The van der Waals surface area contributed by atoms with Crippen LogP contribution in [0.4, 0.5) is 0 Å². The van der Waals surface area contributed by atoms with E-state index in [9.17, 15) is 44.6 Å². The van der Waals surface area contributed by atoms with Crippen LogP contribution in [-0.2, 0) is 32.7 Å². The third-order valence-electron chi connectivity index (χ3n) is 11.3. The van der Waals surface area contributed by atoms with Crippen molar-refractivity contribution >= 4 is 19.8 Å². The van der Waals surface area contributed by atoms with Crippen LogP contribution in [0.25, 0.3) is 0 Å². The Bertz CT molecular complexity index is 1170. The Morgan fingerprint density at radius 1 is 0.508 bits per heavy atom. The van der Waals surface area contributed by atoms with Gasteiger partial charge in [0.15, 0.2) is 6.10 Å². The molecule has 0 aromatic heterocycles. The smallest absolute Gasteiger partial charge is 0.462 e. The molecule has 1 saturated carbocycles. The van der Waals surface area contributed by atoms with Gasteiger partial charge in [-0.25, -0.2) is 4.57 Å². The molecule has 0 bridgehead atoms. The van der Waals surface area contributed by atoms with Gasteiger partial charge >= 0.3 is 19.8 Å². The molecule has 0 aromatic rings. The SMILES string of the molecule is CCCCCCCC/C=C/C/C=C/CCC(=O)OC(COC(=O)CCCCCCCCCCCCCCCCCCCCC)COP(=O)(O)OC1C(O)C(O)C(O)[C@H](O)C1O. The monoisotopic (exact) mass is 891 g/mol. The van der Waals surface area contributed by atoms with E-state index < -0.39 is 75.7 Å². The van der Waals surface area contributed by atoms with E-state index in [4.69, 9.17) is 18.5 Å². The maximum absolute atomic E-state index is 12.8. The molecule has 0 heterocycles. The lowest BCUT2D eigenvalue weighted by molar-refractivity contribution is -0.220. The van der Waals surface area contributed by atoms with Gasteiger partial charge in [0.2, 0.25) is 0 Å². The molecule has 13 nitrogen and oxygen atoms in total. The summed E-state index contributed by atoms with van der Waals surface area (Å²) in [5.41, 5.74) is 0. The van der Waals surface area contributed by atoms with Gasteiger partial charge in [-0.2, -0.15) is 0 Å². The zero-order valence-corrected chi connectivity index (χ0v) is 38.9. The highest BCUT2D eigenvalue weighted by Crippen LogP contribution is 2.47. The molecule has 358 valence electrons. The number of phosphoric acid groups is 1. The quantitative estimate of drug-likeness (QED) is 0.0147. The fourth-order valence-electron chi connectivity index (χ4n) is 7.40. The largest absolute Gasteiger partial charge is 0.472 e. The number of esters is 2. The summed E-state index contributed by atoms with van der Waals surface area (Å²) in [6.07, 6.45) is 28.3. The fraction of sp³-hybridized carbons (Fsp3) is 0.872. The normalized spacial score (nSPS) is 22.2. The molecule has 8 atom stereocenters. The van der Waals surface area contributed by atoms with E-state index in [1.807, 2.05) is 12.2 Å². The molecule has 1 rings (SSSR count). The summed E-state index contributed by atoms with van der Waals surface area (Å²) in [6.45, 7) is 3.26. The number of unbranched alkanes of at least 4 members (excludes halogenated alkanes) is 24. The lowest BCUT2D eigenvalue weighted by Gasteiger charge is -2.41. The van der Waals surface area contributed by atoms with Crippen molar-refractivity contribution in [1.82, 2.24) is 0 Å². The topological polar surface area (TPSA) is 210 Å². The summed E-state index contributed by atoms with van der Waals surface area (Å²) in [5.74, 6) is -1.17. The molecular formula is C47H87O13P. The predicted octanol–water partition coefficient (Wildman–Crippen LogP) is 9.62. The Kier molecular flexibility index (Phi) is 35.4. The number of rotatable bonds is 40. The molecule has 1 aliphatic carbocycles. The van der Waals surface area contributed by atoms with Gasteiger partial charge in [0.1, 0.15) is 43.2 Å². The number of hydrogen-bond acceptors (Lipinski definition) is 12. The van der Waals surface area contributed by atoms with Gasteiger partial charge in [0.25, 0.3) is 0 Å². The van der Waals surface area contributed by atoms with E-state index in [0.717, 1.165) is 32.1 Å². The van der Waals surface area contributed by atoms with Crippen LogP contribution in [0.15, 0.2) is 24.3 Å². The first kappa shape index (κ1) is 57.3. The Hall–Kier alpha value is -1.67. The second kappa shape index (κ2) is 37.7. The van der Waals surface area contributed by atoms with Crippen LogP contribution in [0, 0.1) is 0 Å². The van der Waals surface area contributed by atoms with Crippen LogP contribution in [0.5, 0.6) is 0 Å². The molecule has 14 heteroatoms. The summed E-state index contributed by atoms with van der Waals surface area (Å²) in [4.78, 5) is 35.7. The van der Waals surface area contributed by atoms with Gasteiger partial charge in [-0.15, -0.1) is 0 Å². The number of phosphoric ester groups is 1. The number of aliphatic hydroxyl groups excluding tert-OH is 5. The zero-order valence-electron chi connectivity index (χ0n) is 38.0. The summed E-state index contributed by atoms with van der Waals surface area (Å²) >= 11 is 0. The van der Waals surface area contributed by atoms with Crippen LogP contribution >= 0.6 is 7.82 Å². The highest BCUT2D eigenvalue weighted by molar-refractivity contribution is 7.47. The van der Waals surface area contributed by atoms with Gasteiger partial charge in [-0.1, -0.05) is 186 Å². The standard InChI is InChI=1S/C47H87O13P/c1-3-5-7-9-11-13-15-17-18-19-20-21-22-24-25-27-29-31-33-35-40(48)57-37-39(38-58-61(55,56)60-47-45(53)43(51)42(50)44(52)46(47)54)59-41(49)36-34-32-30-28-26-23-16-14-12-10-8-6-4-2/h23,26,30,32,39,42-47,50-54H,3-22,24-25,27-29,31,33-38H2,1-2H3,(H,55,56)/b26-23+,32-30+/t39?,42?,43-,44?,45?,46?,47?/m0/s1. The molecule has 0 amide bonds. The maximum Gasteiger partial charge on any atom is 0.472 e. The predicted molar refractivity (Wildman–Crippen MR) is 240 cm³/mol. The van der Waals surface area contributed by atoms with E-state index in [-0.39, 0.29) is 12.8 Å². The van der Waals surface area contributed by atoms with Crippen molar-refractivity contribution in [1.29, 1.82) is 0 Å². The molecule has 0 spiro atoms. The first-order chi connectivity index (χ1) is 29.4. The average molecular weight is 891 g/mol. The van der Waals surface area contributed by atoms with Gasteiger partial charge < -0.3 is 39.9 Å². The van der Waals surface area contributed by atoms with Crippen LogP contribution in [0.1, 0.15) is 206 Å². The number of carbonyl (C=O) groups excluding carboxylic acids is 2. The van der Waals surface area contributed by atoms with Crippen molar-refractivity contribution in [3.8, 4) is 0 Å². The number of carbonyl (C=O) groups is 2. The Labute approximate surface area is 368 Å². The first-order valence-electron chi connectivity index (χ1n) is 24.1. The van der Waals surface area contributed by atoms with Crippen molar-refractivity contribution in [2.45, 2.75) is 249 Å². The molecule has 7 unspecified atom stereocenters. The maximum atomic E-state index is 12.8. The van der Waals surface area contributed by atoms with Crippen molar-refractivity contribution in [3.05, 3.63) is 24.3 Å². The molecule has 0 radical (unpaired) electrons. The minimum Gasteiger partial charge on any atom is -0.462 e. The Balaban J connectivity index is 2.43. The van der Waals surface area contributed by atoms with Gasteiger partial charge in [-0.05, 0) is 32.1 Å². The minimum atomic E-state index is -5.13. The number of aliphatic hydroxyl groups is 5. The molecule has 0 saturated heterocycles. The van der Waals surface area contributed by atoms with E-state index in [2.05, 4.69) is 26.0 Å². The summed E-state index contributed by atoms with van der Waals surface area (Å²) < 4.78 is 33.5.